The summed E-state index contributed by atoms with van der Waals surface area (Å²) < 4.78 is 5.50. The van der Waals surface area contributed by atoms with E-state index >= 15 is 0 Å². The van der Waals surface area contributed by atoms with Gasteiger partial charge < -0.3 is 4.74 Å². The fourth-order valence-corrected chi connectivity index (χ4v) is 8.79. The van der Waals surface area contributed by atoms with Crippen molar-refractivity contribution in [2.24, 2.45) is 5.92 Å². The van der Waals surface area contributed by atoms with Crippen molar-refractivity contribution in [3.05, 3.63) is 0 Å². The minimum atomic E-state index is -0.285. The minimum Gasteiger partial charge on any atom is -0.393 e. The summed E-state index contributed by atoms with van der Waals surface area (Å²) in [5.74, 6) is -0.608. The van der Waals surface area contributed by atoms with Crippen LogP contribution in [0.5, 0.6) is 0 Å². The monoisotopic (exact) mass is 803 g/mol. The normalized spacial score (nSPS) is 12.1. The van der Waals surface area contributed by atoms with Gasteiger partial charge in [-0.25, -0.2) is 0 Å². The maximum Gasteiger partial charge on any atom is 0.316 e. The Hall–Kier alpha value is -0.860. The van der Waals surface area contributed by atoms with Crippen LogP contribution in [0, 0.1) is 5.92 Å². The summed E-state index contributed by atoms with van der Waals surface area (Å²) in [5, 5.41) is 0. The van der Waals surface area contributed by atoms with Gasteiger partial charge in [-0.15, -0.1) is 0 Å². The molecule has 0 aliphatic carbocycles. The maximum atomic E-state index is 13.2. The molecule has 0 amide bonds. The first-order valence-corrected chi connectivity index (χ1v) is 26.9. The molecular weight excluding hydrogens is 697 g/mol. The molecule has 0 fully saturated rings. The molecule has 0 aromatic carbocycles. The highest BCUT2D eigenvalue weighted by molar-refractivity contribution is 5.86. The summed E-state index contributed by atoms with van der Waals surface area (Å²) in [6.07, 6.45) is 62.5. The average Bonchev–Trinajstić information content (AvgIpc) is 3.21. The number of carbonyl (C=O) groups is 2. The lowest BCUT2D eigenvalue weighted by Crippen LogP contribution is -2.21. The van der Waals surface area contributed by atoms with Gasteiger partial charge in [0, 0.05) is 6.42 Å². The standard InChI is InChI=1S/C54H106O3/c1-4-7-10-13-16-19-22-25-28-30-32-35-38-41-44-47-50-52(49-46-43-40-37-34-31-27-24-21-18-15-12-9-6-3)54(56)57-53(55)51-48-45-42-39-36-33-29-26-23-20-17-14-11-8-5-2/h52H,4-51H2,1-3H3. The third-order valence-corrected chi connectivity index (χ3v) is 12.8. The number of esters is 2. The topological polar surface area (TPSA) is 43.4 Å². The second-order valence-corrected chi connectivity index (χ2v) is 18.7. The minimum absolute atomic E-state index is 0.0982. The van der Waals surface area contributed by atoms with Gasteiger partial charge in [0.25, 0.3) is 0 Å². The van der Waals surface area contributed by atoms with Crippen molar-refractivity contribution in [1.82, 2.24) is 0 Å². The van der Waals surface area contributed by atoms with Gasteiger partial charge in [-0.1, -0.05) is 303 Å². The smallest absolute Gasteiger partial charge is 0.316 e. The number of hydrogen-bond donors (Lipinski definition) is 0. The molecule has 1 atom stereocenters. The fourth-order valence-electron chi connectivity index (χ4n) is 8.79. The van der Waals surface area contributed by atoms with Crippen molar-refractivity contribution >= 4 is 11.9 Å². The van der Waals surface area contributed by atoms with Crippen molar-refractivity contribution < 1.29 is 14.3 Å². The number of rotatable bonds is 49. The molecule has 0 aromatic heterocycles. The Morgan fingerprint density at radius 2 is 0.474 bits per heavy atom. The lowest BCUT2D eigenvalue weighted by Gasteiger charge is -2.15. The third-order valence-electron chi connectivity index (χ3n) is 12.8. The Bertz CT molecular complexity index is 777. The van der Waals surface area contributed by atoms with E-state index in [9.17, 15) is 9.59 Å². The summed E-state index contributed by atoms with van der Waals surface area (Å²) in [4.78, 5) is 25.9. The van der Waals surface area contributed by atoms with E-state index in [2.05, 4.69) is 20.8 Å². The van der Waals surface area contributed by atoms with Gasteiger partial charge in [-0.05, 0) is 19.3 Å². The first kappa shape index (κ1) is 56.1. The highest BCUT2D eigenvalue weighted by Gasteiger charge is 2.22. The van der Waals surface area contributed by atoms with E-state index in [1.165, 1.54) is 263 Å². The van der Waals surface area contributed by atoms with Crippen LogP contribution in [-0.2, 0) is 14.3 Å². The molecule has 0 aliphatic rings. The van der Waals surface area contributed by atoms with Gasteiger partial charge in [0.15, 0.2) is 0 Å². The molecular formula is C54H106O3. The molecule has 3 heteroatoms. The van der Waals surface area contributed by atoms with E-state index in [4.69, 9.17) is 4.74 Å². The van der Waals surface area contributed by atoms with Crippen molar-refractivity contribution in [3.63, 3.8) is 0 Å². The van der Waals surface area contributed by atoms with Crippen LogP contribution < -0.4 is 0 Å². The van der Waals surface area contributed by atoms with Crippen molar-refractivity contribution in [1.29, 1.82) is 0 Å². The van der Waals surface area contributed by atoms with Crippen molar-refractivity contribution in [2.75, 3.05) is 0 Å². The molecule has 0 aromatic rings. The summed E-state index contributed by atoms with van der Waals surface area (Å²) in [6, 6.07) is 0. The summed E-state index contributed by atoms with van der Waals surface area (Å²) in [5.41, 5.74) is 0. The Balaban J connectivity index is 4.18. The molecule has 0 saturated carbocycles. The third kappa shape index (κ3) is 46.1. The number of unbranched alkanes of at least 4 members (excludes halogenated alkanes) is 42. The predicted octanol–water partition coefficient (Wildman–Crippen LogP) is 19.5. The zero-order valence-electron chi connectivity index (χ0n) is 39.7. The van der Waals surface area contributed by atoms with Gasteiger partial charge in [0.2, 0.25) is 0 Å². The molecule has 0 N–H and O–H groups in total. The van der Waals surface area contributed by atoms with Crippen LogP contribution >= 0.6 is 0 Å². The quantitative estimate of drug-likeness (QED) is 0.0350. The van der Waals surface area contributed by atoms with E-state index in [-0.39, 0.29) is 17.9 Å². The lowest BCUT2D eigenvalue weighted by atomic mass is 9.94. The molecule has 0 radical (unpaired) electrons. The van der Waals surface area contributed by atoms with E-state index in [0.29, 0.717) is 6.42 Å². The van der Waals surface area contributed by atoms with Crippen LogP contribution in [0.3, 0.4) is 0 Å². The second kappa shape index (κ2) is 49.5. The molecule has 3 nitrogen and oxygen atoms in total. The number of carbonyl (C=O) groups excluding carboxylic acids is 2. The van der Waals surface area contributed by atoms with E-state index in [1.54, 1.807) is 0 Å². The number of ether oxygens (including phenoxy) is 1. The van der Waals surface area contributed by atoms with E-state index < -0.39 is 0 Å². The summed E-state index contributed by atoms with van der Waals surface area (Å²) in [6.45, 7) is 6.87. The molecule has 0 rings (SSSR count). The van der Waals surface area contributed by atoms with Crippen molar-refractivity contribution in [3.8, 4) is 0 Å². The van der Waals surface area contributed by atoms with Crippen LogP contribution in [0.4, 0.5) is 0 Å². The Kier molecular flexibility index (Phi) is 48.8. The largest absolute Gasteiger partial charge is 0.393 e. The molecule has 0 bridgehead atoms. The SMILES string of the molecule is CCCCCCCCCCCCCCCCCCC(CCCCCCCCCCCCCCCC)C(=O)OC(=O)CCCCCCCCCCCCCCCCC. The molecule has 57 heavy (non-hydrogen) atoms. The zero-order valence-corrected chi connectivity index (χ0v) is 39.7. The lowest BCUT2D eigenvalue weighted by molar-refractivity contribution is -0.163. The van der Waals surface area contributed by atoms with Gasteiger partial charge in [0.1, 0.15) is 0 Å². The number of hydrogen-bond acceptors (Lipinski definition) is 3. The van der Waals surface area contributed by atoms with E-state index in [1.807, 2.05) is 0 Å². The van der Waals surface area contributed by atoms with Gasteiger partial charge in [0.05, 0.1) is 5.92 Å². The van der Waals surface area contributed by atoms with E-state index in [0.717, 1.165) is 38.5 Å². The van der Waals surface area contributed by atoms with Gasteiger partial charge >= 0.3 is 11.9 Å². The fraction of sp³-hybridized carbons (Fsp3) is 0.963. The van der Waals surface area contributed by atoms with Gasteiger partial charge in [-0.2, -0.15) is 0 Å². The van der Waals surface area contributed by atoms with Crippen LogP contribution in [0.2, 0.25) is 0 Å². The Morgan fingerprint density at radius 1 is 0.281 bits per heavy atom. The second-order valence-electron chi connectivity index (χ2n) is 18.7. The Labute approximate surface area is 360 Å². The molecule has 0 saturated heterocycles. The van der Waals surface area contributed by atoms with Crippen LogP contribution in [-0.4, -0.2) is 11.9 Å². The van der Waals surface area contributed by atoms with Crippen LogP contribution in [0.15, 0.2) is 0 Å². The van der Waals surface area contributed by atoms with Crippen molar-refractivity contribution in [2.45, 2.75) is 329 Å². The summed E-state index contributed by atoms with van der Waals surface area (Å²) >= 11 is 0. The molecule has 0 heterocycles. The zero-order chi connectivity index (χ0) is 41.4. The summed E-state index contributed by atoms with van der Waals surface area (Å²) in [7, 11) is 0. The Morgan fingerprint density at radius 3 is 0.702 bits per heavy atom. The molecule has 340 valence electrons. The first-order chi connectivity index (χ1) is 28.2. The van der Waals surface area contributed by atoms with Gasteiger partial charge in [-0.3, -0.25) is 9.59 Å². The molecule has 0 spiro atoms. The average molecular weight is 803 g/mol. The van der Waals surface area contributed by atoms with Crippen LogP contribution in [0.1, 0.15) is 329 Å². The maximum absolute atomic E-state index is 13.2. The molecule has 1 unspecified atom stereocenters. The first-order valence-electron chi connectivity index (χ1n) is 26.9. The highest BCUT2D eigenvalue weighted by atomic mass is 16.6. The molecule has 0 aliphatic heterocycles. The highest BCUT2D eigenvalue weighted by Crippen LogP contribution is 2.23. The predicted molar refractivity (Wildman–Crippen MR) is 253 cm³/mol. The van der Waals surface area contributed by atoms with Crippen LogP contribution in [0.25, 0.3) is 0 Å².